The maximum Gasteiger partial charge on any atom is 0.416 e. The van der Waals surface area contributed by atoms with Crippen molar-refractivity contribution >= 4 is 5.97 Å². The van der Waals surface area contributed by atoms with Gasteiger partial charge in [-0.3, -0.25) is 0 Å². The van der Waals surface area contributed by atoms with Crippen molar-refractivity contribution in [2.75, 3.05) is 0 Å². The number of carboxylic acid groups (broad SMARTS) is 1. The summed E-state index contributed by atoms with van der Waals surface area (Å²) in [4.78, 5) is 14.1. The molecular formula is C11H5F4NO3. The maximum atomic E-state index is 13.5. The lowest BCUT2D eigenvalue weighted by Gasteiger charge is -2.08. The predicted octanol–water partition coefficient (Wildman–Crippen LogP) is 3.20. The van der Waals surface area contributed by atoms with Crippen molar-refractivity contribution in [3.63, 3.8) is 0 Å². The average molecular weight is 275 g/mol. The van der Waals surface area contributed by atoms with Crippen LogP contribution in [-0.2, 0) is 6.18 Å². The van der Waals surface area contributed by atoms with Gasteiger partial charge >= 0.3 is 12.1 Å². The van der Waals surface area contributed by atoms with Crippen molar-refractivity contribution in [1.29, 1.82) is 0 Å². The fraction of sp³-hybridized carbons (Fsp3) is 0.0909. The smallest absolute Gasteiger partial charge is 0.416 e. The number of benzene rings is 1. The molecule has 0 aliphatic rings. The largest absolute Gasteiger partial charge is 0.476 e. The number of aromatic nitrogens is 1. The Bertz CT molecular complexity index is 633. The van der Waals surface area contributed by atoms with Gasteiger partial charge in [-0.2, -0.15) is 13.2 Å². The fourth-order valence-corrected chi connectivity index (χ4v) is 1.47. The number of halogens is 4. The van der Waals surface area contributed by atoms with Crippen LogP contribution in [0.4, 0.5) is 17.6 Å². The minimum Gasteiger partial charge on any atom is -0.476 e. The van der Waals surface area contributed by atoms with Crippen LogP contribution in [-0.4, -0.2) is 16.1 Å². The zero-order valence-corrected chi connectivity index (χ0v) is 9.03. The first kappa shape index (κ1) is 13.1. The van der Waals surface area contributed by atoms with Crippen molar-refractivity contribution in [1.82, 2.24) is 4.98 Å². The van der Waals surface area contributed by atoms with Crippen LogP contribution in [0.5, 0.6) is 0 Å². The van der Waals surface area contributed by atoms with E-state index in [1.54, 1.807) is 0 Å². The van der Waals surface area contributed by atoms with E-state index in [2.05, 4.69) is 9.40 Å². The van der Waals surface area contributed by atoms with E-state index in [4.69, 9.17) is 5.11 Å². The van der Waals surface area contributed by atoms with Gasteiger partial charge < -0.3 is 9.52 Å². The molecule has 0 spiro atoms. The minimum absolute atomic E-state index is 0.474. The third-order valence-electron chi connectivity index (χ3n) is 2.31. The number of carbonyl (C=O) groups is 1. The predicted molar refractivity (Wildman–Crippen MR) is 53.9 cm³/mol. The molecular weight excluding hydrogens is 270 g/mol. The van der Waals surface area contributed by atoms with Gasteiger partial charge in [0.2, 0.25) is 0 Å². The monoisotopic (exact) mass is 275 g/mol. The lowest BCUT2D eigenvalue weighted by atomic mass is 10.1. The van der Waals surface area contributed by atoms with Crippen molar-refractivity contribution in [2.24, 2.45) is 0 Å². The summed E-state index contributed by atoms with van der Waals surface area (Å²) in [5, 5.41) is 8.77. The van der Waals surface area contributed by atoms with Gasteiger partial charge in [-0.25, -0.2) is 14.2 Å². The second-order valence-electron chi connectivity index (χ2n) is 3.53. The number of hydrogen-bond acceptors (Lipinski definition) is 3. The summed E-state index contributed by atoms with van der Waals surface area (Å²) in [5.74, 6) is -3.12. The number of nitrogens with zero attached hydrogens (tertiary/aromatic N) is 1. The van der Waals surface area contributed by atoms with Crippen LogP contribution in [0.25, 0.3) is 11.3 Å². The third kappa shape index (κ3) is 2.42. The Labute approximate surface area is 103 Å². The first-order valence-electron chi connectivity index (χ1n) is 4.84. The van der Waals surface area contributed by atoms with E-state index in [0.717, 1.165) is 6.39 Å². The Balaban J connectivity index is 2.62. The quantitative estimate of drug-likeness (QED) is 0.855. The molecule has 0 aliphatic carbocycles. The number of carboxylic acids is 1. The van der Waals surface area contributed by atoms with Crippen LogP contribution in [0.15, 0.2) is 29.0 Å². The summed E-state index contributed by atoms with van der Waals surface area (Å²) in [7, 11) is 0. The highest BCUT2D eigenvalue weighted by Gasteiger charge is 2.32. The maximum absolute atomic E-state index is 13.5. The number of hydrogen-bond donors (Lipinski definition) is 1. The van der Waals surface area contributed by atoms with Crippen LogP contribution in [0, 0.1) is 5.82 Å². The van der Waals surface area contributed by atoms with Crippen LogP contribution in [0.2, 0.25) is 0 Å². The molecule has 4 nitrogen and oxygen atoms in total. The van der Waals surface area contributed by atoms with E-state index in [-0.39, 0.29) is 0 Å². The van der Waals surface area contributed by atoms with E-state index in [1.807, 2.05) is 0 Å². The number of alkyl halides is 3. The van der Waals surface area contributed by atoms with Gasteiger partial charge in [0.25, 0.3) is 0 Å². The third-order valence-corrected chi connectivity index (χ3v) is 2.31. The molecule has 0 bridgehead atoms. The Kier molecular flexibility index (Phi) is 3.01. The van der Waals surface area contributed by atoms with Gasteiger partial charge in [0.1, 0.15) is 5.82 Å². The van der Waals surface area contributed by atoms with Crippen LogP contribution in [0.1, 0.15) is 16.1 Å². The molecule has 0 amide bonds. The van der Waals surface area contributed by atoms with Crippen molar-refractivity contribution in [3.05, 3.63) is 41.7 Å². The summed E-state index contributed by atoms with van der Waals surface area (Å²) in [6, 6.07) is 1.62. The van der Waals surface area contributed by atoms with Gasteiger partial charge in [0, 0.05) is 0 Å². The summed E-state index contributed by atoms with van der Waals surface area (Å²) in [6.45, 7) is 0. The first-order valence-corrected chi connectivity index (χ1v) is 4.84. The number of aromatic carboxylic acids is 1. The molecule has 100 valence electrons. The standard InChI is InChI=1S/C11H5F4NO3/c12-7-2-1-5(11(13,14)15)3-6(7)9-8(10(17)18)16-4-19-9/h1-4H,(H,17,18). The molecule has 1 N–H and O–H groups in total. The van der Waals surface area contributed by atoms with Crippen molar-refractivity contribution in [3.8, 4) is 11.3 Å². The normalized spacial score (nSPS) is 11.6. The highest BCUT2D eigenvalue weighted by atomic mass is 19.4. The number of rotatable bonds is 2. The van der Waals surface area contributed by atoms with Crippen LogP contribution >= 0.6 is 0 Å². The summed E-state index contributed by atoms with van der Waals surface area (Å²) >= 11 is 0. The highest BCUT2D eigenvalue weighted by Crippen LogP contribution is 2.34. The lowest BCUT2D eigenvalue weighted by molar-refractivity contribution is -0.137. The molecule has 2 aromatic rings. The Morgan fingerprint density at radius 3 is 2.58 bits per heavy atom. The molecule has 0 radical (unpaired) electrons. The summed E-state index contributed by atoms with van der Waals surface area (Å²) in [5.41, 5.74) is -2.38. The van der Waals surface area contributed by atoms with Crippen molar-refractivity contribution in [2.45, 2.75) is 6.18 Å². The Morgan fingerprint density at radius 2 is 2.00 bits per heavy atom. The molecule has 1 aromatic heterocycles. The molecule has 19 heavy (non-hydrogen) atoms. The minimum atomic E-state index is -4.67. The van der Waals surface area contributed by atoms with Gasteiger partial charge in [-0.15, -0.1) is 0 Å². The van der Waals surface area contributed by atoms with E-state index >= 15 is 0 Å². The molecule has 0 saturated heterocycles. The van der Waals surface area contributed by atoms with Crippen molar-refractivity contribution < 1.29 is 31.9 Å². The lowest BCUT2D eigenvalue weighted by Crippen LogP contribution is -2.06. The first-order chi connectivity index (χ1) is 8.80. The molecule has 1 aromatic carbocycles. The fourth-order valence-electron chi connectivity index (χ4n) is 1.47. The summed E-state index contributed by atoms with van der Waals surface area (Å²) in [6.07, 6.45) is -3.95. The molecule has 0 fully saturated rings. The molecule has 0 unspecified atom stereocenters. The van der Waals surface area contributed by atoms with Gasteiger partial charge in [-0.05, 0) is 18.2 Å². The molecule has 0 aliphatic heterocycles. The molecule has 1 heterocycles. The van der Waals surface area contributed by atoms with E-state index in [0.29, 0.717) is 18.2 Å². The highest BCUT2D eigenvalue weighted by molar-refractivity contribution is 5.92. The van der Waals surface area contributed by atoms with Crippen LogP contribution < -0.4 is 0 Å². The molecule has 0 atom stereocenters. The SMILES string of the molecule is O=C(O)c1ncoc1-c1cc(C(F)(F)F)ccc1F. The second-order valence-corrected chi connectivity index (χ2v) is 3.53. The van der Waals surface area contributed by atoms with Gasteiger partial charge in [0.15, 0.2) is 17.8 Å². The Hall–Kier alpha value is -2.38. The Morgan fingerprint density at radius 1 is 1.32 bits per heavy atom. The van der Waals surface area contributed by atoms with E-state index < -0.39 is 40.5 Å². The molecule has 8 heteroatoms. The van der Waals surface area contributed by atoms with Gasteiger partial charge in [-0.1, -0.05) is 0 Å². The zero-order chi connectivity index (χ0) is 14.2. The average Bonchev–Trinajstić information content (AvgIpc) is 2.76. The van der Waals surface area contributed by atoms with Gasteiger partial charge in [0.05, 0.1) is 11.1 Å². The molecule has 2 rings (SSSR count). The zero-order valence-electron chi connectivity index (χ0n) is 9.03. The molecule has 0 saturated carbocycles. The van der Waals surface area contributed by atoms with Crippen LogP contribution in [0.3, 0.4) is 0 Å². The summed E-state index contributed by atoms with van der Waals surface area (Å²) < 4.78 is 55.7. The topological polar surface area (TPSA) is 63.3 Å². The second kappa shape index (κ2) is 4.38. The van der Waals surface area contributed by atoms with E-state index in [1.165, 1.54) is 0 Å². The number of oxazole rings is 1. The van der Waals surface area contributed by atoms with E-state index in [9.17, 15) is 22.4 Å².